The summed E-state index contributed by atoms with van der Waals surface area (Å²) in [5, 5.41) is 6.16. The summed E-state index contributed by atoms with van der Waals surface area (Å²) in [5.74, 6) is 2.85. The average molecular weight is 566 g/mol. The highest BCUT2D eigenvalue weighted by Gasteiger charge is 2.26. The van der Waals surface area contributed by atoms with Gasteiger partial charge in [0.2, 0.25) is 0 Å². The minimum Gasteiger partial charge on any atom is -0.497 e. The van der Waals surface area contributed by atoms with Crippen LogP contribution in [0.3, 0.4) is 0 Å². The molecule has 3 rings (SSSR count). The SMILES string of the molecule is CCNC(=O)COc1cccc(CN=C(NCC)N2CCC(c3ccc(OC)cc3)C2)c1.I. The molecule has 33 heavy (non-hydrogen) atoms. The van der Waals surface area contributed by atoms with Crippen molar-refractivity contribution in [1.29, 1.82) is 0 Å². The quantitative estimate of drug-likeness (QED) is 0.275. The third-order valence-corrected chi connectivity index (χ3v) is 5.46. The van der Waals surface area contributed by atoms with Gasteiger partial charge in [-0.2, -0.15) is 0 Å². The summed E-state index contributed by atoms with van der Waals surface area (Å²) in [7, 11) is 1.69. The van der Waals surface area contributed by atoms with E-state index in [1.807, 2.05) is 43.3 Å². The Morgan fingerprint density at radius 3 is 2.55 bits per heavy atom. The molecule has 0 saturated carbocycles. The molecule has 0 aliphatic carbocycles. The molecule has 2 aromatic carbocycles. The van der Waals surface area contributed by atoms with Crippen molar-refractivity contribution in [3.63, 3.8) is 0 Å². The molecule has 1 aliphatic heterocycles. The first-order valence-electron chi connectivity index (χ1n) is 11.3. The number of guanidine groups is 1. The maximum Gasteiger partial charge on any atom is 0.257 e. The van der Waals surface area contributed by atoms with Gasteiger partial charge in [-0.15, -0.1) is 24.0 Å². The molecule has 1 aliphatic rings. The van der Waals surface area contributed by atoms with Crippen molar-refractivity contribution >= 4 is 35.8 Å². The topological polar surface area (TPSA) is 75.2 Å². The molecule has 1 atom stereocenters. The molecule has 8 heteroatoms. The van der Waals surface area contributed by atoms with Crippen LogP contribution in [-0.4, -0.2) is 56.7 Å². The monoisotopic (exact) mass is 566 g/mol. The summed E-state index contributed by atoms with van der Waals surface area (Å²) >= 11 is 0. The fourth-order valence-electron chi connectivity index (χ4n) is 3.82. The zero-order valence-corrected chi connectivity index (χ0v) is 22.0. The molecule has 2 N–H and O–H groups in total. The molecular weight excluding hydrogens is 531 g/mol. The van der Waals surface area contributed by atoms with E-state index in [1.165, 1.54) is 5.56 Å². The number of benzene rings is 2. The van der Waals surface area contributed by atoms with Crippen LogP contribution in [0.5, 0.6) is 11.5 Å². The smallest absolute Gasteiger partial charge is 0.257 e. The molecule has 0 aromatic heterocycles. The Kier molecular flexibility index (Phi) is 11.3. The lowest BCUT2D eigenvalue weighted by atomic mass is 9.98. The number of amides is 1. The van der Waals surface area contributed by atoms with Crippen molar-refractivity contribution in [3.05, 3.63) is 59.7 Å². The summed E-state index contributed by atoms with van der Waals surface area (Å²) in [4.78, 5) is 18.8. The number of methoxy groups -OCH3 is 1. The van der Waals surface area contributed by atoms with E-state index in [0.717, 1.165) is 43.3 Å². The molecule has 180 valence electrons. The number of likely N-dealkylation sites (tertiary alicyclic amines) is 1. The Hall–Kier alpha value is -2.49. The van der Waals surface area contributed by atoms with Crippen LogP contribution >= 0.6 is 24.0 Å². The van der Waals surface area contributed by atoms with E-state index in [9.17, 15) is 4.79 Å². The van der Waals surface area contributed by atoms with Crippen LogP contribution in [0.2, 0.25) is 0 Å². The van der Waals surface area contributed by atoms with E-state index in [0.29, 0.717) is 24.8 Å². The van der Waals surface area contributed by atoms with Crippen LogP contribution in [0.4, 0.5) is 0 Å². The van der Waals surface area contributed by atoms with Crippen molar-refractivity contribution in [2.24, 2.45) is 4.99 Å². The number of aliphatic imine (C=N–C) groups is 1. The lowest BCUT2D eigenvalue weighted by Crippen LogP contribution is -2.40. The number of halogens is 1. The largest absolute Gasteiger partial charge is 0.497 e. The number of nitrogens with zero attached hydrogens (tertiary/aromatic N) is 2. The maximum atomic E-state index is 11.6. The Morgan fingerprint density at radius 1 is 1.09 bits per heavy atom. The van der Waals surface area contributed by atoms with Gasteiger partial charge in [0.1, 0.15) is 11.5 Å². The molecule has 0 bridgehead atoms. The van der Waals surface area contributed by atoms with Gasteiger partial charge >= 0.3 is 0 Å². The number of carbonyl (C=O) groups is 1. The normalized spacial score (nSPS) is 15.5. The second-order valence-electron chi connectivity index (χ2n) is 7.76. The average Bonchev–Trinajstić information content (AvgIpc) is 3.31. The number of ether oxygens (including phenoxy) is 2. The van der Waals surface area contributed by atoms with Gasteiger partial charge in [0.05, 0.1) is 13.7 Å². The van der Waals surface area contributed by atoms with Crippen molar-refractivity contribution in [1.82, 2.24) is 15.5 Å². The van der Waals surface area contributed by atoms with Gasteiger partial charge in [-0.05, 0) is 55.7 Å². The fraction of sp³-hybridized carbons (Fsp3) is 0.440. The summed E-state index contributed by atoms with van der Waals surface area (Å²) in [6, 6.07) is 16.1. The summed E-state index contributed by atoms with van der Waals surface area (Å²) in [6.07, 6.45) is 1.10. The Balaban J connectivity index is 0.00000385. The Morgan fingerprint density at radius 2 is 1.85 bits per heavy atom. The molecule has 1 fully saturated rings. The summed E-state index contributed by atoms with van der Waals surface area (Å²) < 4.78 is 10.9. The van der Waals surface area contributed by atoms with Crippen LogP contribution in [0.25, 0.3) is 0 Å². The zero-order chi connectivity index (χ0) is 22.8. The van der Waals surface area contributed by atoms with Gasteiger partial charge in [-0.25, -0.2) is 4.99 Å². The highest BCUT2D eigenvalue weighted by molar-refractivity contribution is 14.0. The van der Waals surface area contributed by atoms with Crippen LogP contribution in [0.1, 0.15) is 37.3 Å². The van der Waals surface area contributed by atoms with Crippen molar-refractivity contribution in [3.8, 4) is 11.5 Å². The van der Waals surface area contributed by atoms with E-state index in [2.05, 4.69) is 34.6 Å². The zero-order valence-electron chi connectivity index (χ0n) is 19.7. The molecule has 7 nitrogen and oxygen atoms in total. The Bertz CT molecular complexity index is 905. The first kappa shape index (κ1) is 26.8. The molecule has 1 heterocycles. The van der Waals surface area contributed by atoms with Gasteiger partial charge in [0.25, 0.3) is 5.91 Å². The number of hydrogen-bond acceptors (Lipinski definition) is 4. The predicted molar refractivity (Wildman–Crippen MR) is 143 cm³/mol. The molecule has 1 saturated heterocycles. The van der Waals surface area contributed by atoms with Crippen LogP contribution in [0, 0.1) is 0 Å². The third kappa shape index (κ3) is 8.10. The number of hydrogen-bond donors (Lipinski definition) is 2. The predicted octanol–water partition coefficient (Wildman–Crippen LogP) is 3.78. The lowest BCUT2D eigenvalue weighted by molar-refractivity contribution is -0.122. The van der Waals surface area contributed by atoms with E-state index in [-0.39, 0.29) is 36.5 Å². The summed E-state index contributed by atoms with van der Waals surface area (Å²) in [6.45, 7) is 7.86. The second-order valence-corrected chi connectivity index (χ2v) is 7.76. The second kappa shape index (κ2) is 13.9. The highest BCUT2D eigenvalue weighted by atomic mass is 127. The van der Waals surface area contributed by atoms with Gasteiger partial charge in [-0.3, -0.25) is 4.79 Å². The van der Waals surface area contributed by atoms with Gasteiger partial charge in [0, 0.05) is 32.1 Å². The van der Waals surface area contributed by atoms with E-state index in [4.69, 9.17) is 14.5 Å². The number of carbonyl (C=O) groups excluding carboxylic acids is 1. The van der Waals surface area contributed by atoms with E-state index >= 15 is 0 Å². The number of likely N-dealkylation sites (N-methyl/N-ethyl adjacent to an activating group) is 1. The minimum atomic E-state index is -0.120. The lowest BCUT2D eigenvalue weighted by Gasteiger charge is -2.22. The van der Waals surface area contributed by atoms with Gasteiger partial charge in [-0.1, -0.05) is 24.3 Å². The summed E-state index contributed by atoms with van der Waals surface area (Å²) in [5.41, 5.74) is 2.38. The highest BCUT2D eigenvalue weighted by Crippen LogP contribution is 2.28. The fourth-order valence-corrected chi connectivity index (χ4v) is 3.82. The maximum absolute atomic E-state index is 11.6. The molecular formula is C25H35IN4O3. The van der Waals surface area contributed by atoms with Crippen molar-refractivity contribution < 1.29 is 14.3 Å². The Labute approximate surface area is 214 Å². The van der Waals surface area contributed by atoms with Gasteiger partial charge < -0.3 is 25.0 Å². The van der Waals surface area contributed by atoms with Crippen LogP contribution < -0.4 is 20.1 Å². The van der Waals surface area contributed by atoms with Gasteiger partial charge in [0.15, 0.2) is 12.6 Å². The third-order valence-electron chi connectivity index (χ3n) is 5.46. The van der Waals surface area contributed by atoms with Crippen LogP contribution in [-0.2, 0) is 11.3 Å². The van der Waals surface area contributed by atoms with Crippen molar-refractivity contribution in [2.75, 3.05) is 39.9 Å². The first-order valence-corrected chi connectivity index (χ1v) is 11.3. The number of rotatable bonds is 9. The molecule has 2 aromatic rings. The molecule has 0 radical (unpaired) electrons. The van der Waals surface area contributed by atoms with Crippen LogP contribution in [0.15, 0.2) is 53.5 Å². The molecule has 1 unspecified atom stereocenters. The first-order chi connectivity index (χ1) is 15.6. The standard InChI is InChI=1S/C25H34N4O3.HI/c1-4-26-24(30)18-32-23-8-6-7-19(15-23)16-28-25(27-5-2)29-14-13-21(17-29)20-9-11-22(31-3)12-10-20;/h6-12,15,21H,4-5,13-14,16-18H2,1-3H3,(H,26,30)(H,27,28);1H. The van der Waals surface area contributed by atoms with E-state index < -0.39 is 0 Å². The minimum absolute atomic E-state index is 0. The molecule has 0 spiro atoms. The van der Waals surface area contributed by atoms with E-state index in [1.54, 1.807) is 7.11 Å². The molecule has 1 amide bonds. The van der Waals surface area contributed by atoms with Crippen molar-refractivity contribution in [2.45, 2.75) is 32.7 Å². The number of nitrogens with one attached hydrogen (secondary N) is 2.